The van der Waals surface area contributed by atoms with Gasteiger partial charge in [-0.25, -0.2) is 36.1 Å². The van der Waals surface area contributed by atoms with Crippen LogP contribution in [0, 0.1) is 17.5 Å². The molecule has 0 radical (unpaired) electrons. The van der Waals surface area contributed by atoms with Crippen molar-refractivity contribution in [2.45, 2.75) is 17.4 Å². The number of hydrogen-bond acceptors (Lipinski definition) is 5. The van der Waals surface area contributed by atoms with E-state index in [1.54, 1.807) is 39.8 Å². The second-order valence-corrected chi connectivity index (χ2v) is 9.55. The number of benzene rings is 3. The van der Waals surface area contributed by atoms with Crippen molar-refractivity contribution in [2.24, 2.45) is 0 Å². The summed E-state index contributed by atoms with van der Waals surface area (Å²) in [6.07, 6.45) is 2.91. The van der Waals surface area contributed by atoms with Gasteiger partial charge in [0.05, 0.1) is 13.2 Å². The van der Waals surface area contributed by atoms with E-state index in [4.69, 9.17) is 4.74 Å². The molecule has 192 valence electrons. The number of nitrogens with one attached hydrogen (secondary N) is 2. The number of carbonyl (C=O) groups excluding carboxylic acids is 1. The molecule has 12 heteroatoms. The summed E-state index contributed by atoms with van der Waals surface area (Å²) in [6, 6.07) is 12.1. The Bertz CT molecular complexity index is 1500. The molecular formula is C25H21F3N4O4S. The maximum absolute atomic E-state index is 14.0. The molecule has 0 aliphatic heterocycles. The number of amides is 2. The Morgan fingerprint density at radius 2 is 1.70 bits per heavy atom. The van der Waals surface area contributed by atoms with E-state index in [2.05, 4.69) is 10.3 Å². The van der Waals surface area contributed by atoms with Crippen molar-refractivity contribution in [3.8, 4) is 11.4 Å². The van der Waals surface area contributed by atoms with Gasteiger partial charge in [-0.2, -0.15) is 0 Å². The molecule has 3 aromatic carbocycles. The Balaban J connectivity index is 1.66. The molecule has 0 saturated heterocycles. The van der Waals surface area contributed by atoms with E-state index in [9.17, 15) is 26.4 Å². The minimum absolute atomic E-state index is 0.144. The highest BCUT2D eigenvalue weighted by Gasteiger charge is 2.26. The van der Waals surface area contributed by atoms with Crippen molar-refractivity contribution in [3.05, 3.63) is 108 Å². The van der Waals surface area contributed by atoms with Crippen LogP contribution in [0.25, 0.3) is 5.69 Å². The molecule has 4 aromatic rings. The Hall–Kier alpha value is -4.32. The van der Waals surface area contributed by atoms with Crippen molar-refractivity contribution in [1.82, 2.24) is 19.6 Å². The highest BCUT2D eigenvalue weighted by Crippen LogP contribution is 2.23. The second-order valence-electron chi connectivity index (χ2n) is 7.90. The van der Waals surface area contributed by atoms with Crippen molar-refractivity contribution in [1.29, 1.82) is 0 Å². The van der Waals surface area contributed by atoms with Gasteiger partial charge in [-0.3, -0.25) is 0 Å². The van der Waals surface area contributed by atoms with E-state index in [1.165, 1.54) is 25.4 Å². The van der Waals surface area contributed by atoms with Gasteiger partial charge in [0.2, 0.25) is 0 Å². The van der Waals surface area contributed by atoms with Gasteiger partial charge < -0.3 is 14.6 Å². The molecule has 8 nitrogen and oxygen atoms in total. The molecule has 0 bridgehead atoms. The summed E-state index contributed by atoms with van der Waals surface area (Å²) in [5, 5.41) is 2.48. The minimum atomic E-state index is -4.56. The van der Waals surface area contributed by atoms with Crippen molar-refractivity contribution >= 4 is 16.1 Å². The zero-order valence-electron chi connectivity index (χ0n) is 19.4. The summed E-state index contributed by atoms with van der Waals surface area (Å²) in [7, 11) is -3.04. The molecule has 0 saturated carbocycles. The first-order valence-corrected chi connectivity index (χ1v) is 12.3. The summed E-state index contributed by atoms with van der Waals surface area (Å²) in [5.74, 6) is -1.83. The first kappa shape index (κ1) is 25.8. The van der Waals surface area contributed by atoms with Crippen molar-refractivity contribution in [2.75, 3.05) is 7.11 Å². The summed E-state index contributed by atoms with van der Waals surface area (Å²) in [4.78, 5) is 16.4. The molecule has 1 aromatic heterocycles. The molecule has 1 unspecified atom stereocenters. The first-order valence-electron chi connectivity index (χ1n) is 10.9. The van der Waals surface area contributed by atoms with Gasteiger partial charge in [0.15, 0.2) is 0 Å². The number of halogens is 3. The van der Waals surface area contributed by atoms with Gasteiger partial charge in [-0.15, -0.1) is 0 Å². The van der Waals surface area contributed by atoms with Gasteiger partial charge in [0, 0.05) is 30.6 Å². The average molecular weight is 531 g/mol. The van der Waals surface area contributed by atoms with Crippen molar-refractivity contribution < 1.29 is 31.1 Å². The van der Waals surface area contributed by atoms with Gasteiger partial charge in [-0.05, 0) is 54.1 Å². The number of rotatable bonds is 8. The predicted molar refractivity (Wildman–Crippen MR) is 128 cm³/mol. The maximum Gasteiger partial charge on any atom is 0.329 e. The van der Waals surface area contributed by atoms with Crippen LogP contribution in [0.5, 0.6) is 5.75 Å². The topological polar surface area (TPSA) is 102 Å². The number of urea groups is 1. The highest BCUT2D eigenvalue weighted by molar-refractivity contribution is 7.90. The molecule has 2 amide bonds. The van der Waals surface area contributed by atoms with E-state index in [-0.39, 0.29) is 17.8 Å². The van der Waals surface area contributed by atoms with E-state index in [1.807, 2.05) is 0 Å². The minimum Gasteiger partial charge on any atom is -0.497 e. The predicted octanol–water partition coefficient (Wildman–Crippen LogP) is 4.27. The third-order valence-corrected chi connectivity index (χ3v) is 6.72. The van der Waals surface area contributed by atoms with Crippen LogP contribution in [0.15, 0.2) is 84.0 Å². The highest BCUT2D eigenvalue weighted by atomic mass is 32.2. The Labute approximate surface area is 210 Å². The standard InChI is InChI=1S/C25H21F3N4O4S/c1-36-20-8-6-19(7-9-20)32-11-10-29-24(32)22(14-16-12-17(26)15-18(27)13-16)30-25(33)31-37(34,35)23-5-3-2-4-21(23)28/h2-13,15,22H,14H2,1H3,(H2,30,31,33). The fourth-order valence-electron chi connectivity index (χ4n) is 3.73. The lowest BCUT2D eigenvalue weighted by molar-refractivity contribution is 0.241. The van der Waals surface area contributed by atoms with Crippen LogP contribution in [-0.4, -0.2) is 31.1 Å². The summed E-state index contributed by atoms with van der Waals surface area (Å²) >= 11 is 0. The van der Waals surface area contributed by atoms with E-state index >= 15 is 0 Å². The van der Waals surface area contributed by atoms with E-state index in [0.29, 0.717) is 17.5 Å². The summed E-state index contributed by atoms with van der Waals surface area (Å²) in [5.41, 5.74) is 0.814. The molecule has 4 rings (SSSR count). The van der Waals surface area contributed by atoms with Gasteiger partial charge in [0.25, 0.3) is 10.0 Å². The number of nitrogens with zero attached hydrogens (tertiary/aromatic N) is 2. The molecule has 0 aliphatic carbocycles. The third kappa shape index (κ3) is 6.09. The van der Waals surface area contributed by atoms with Gasteiger partial charge in [0.1, 0.15) is 33.9 Å². The molecule has 0 aliphatic rings. The zero-order chi connectivity index (χ0) is 26.6. The maximum atomic E-state index is 14.0. The van der Waals surface area contributed by atoms with Crippen LogP contribution in [0.4, 0.5) is 18.0 Å². The number of aromatic nitrogens is 2. The smallest absolute Gasteiger partial charge is 0.329 e. The summed E-state index contributed by atoms with van der Waals surface area (Å²) in [6.45, 7) is 0. The molecule has 0 spiro atoms. The normalized spacial score (nSPS) is 12.1. The molecule has 37 heavy (non-hydrogen) atoms. The molecule has 2 N–H and O–H groups in total. The monoisotopic (exact) mass is 530 g/mol. The number of hydrogen-bond donors (Lipinski definition) is 2. The Morgan fingerprint density at radius 3 is 2.35 bits per heavy atom. The first-order chi connectivity index (χ1) is 17.7. The molecule has 1 heterocycles. The van der Waals surface area contributed by atoms with Crippen LogP contribution < -0.4 is 14.8 Å². The van der Waals surface area contributed by atoms with Crippen LogP contribution in [0.3, 0.4) is 0 Å². The van der Waals surface area contributed by atoms with Gasteiger partial charge >= 0.3 is 6.03 Å². The molecule has 0 fully saturated rings. The second kappa shape index (κ2) is 10.7. The lowest BCUT2D eigenvalue weighted by Crippen LogP contribution is -2.42. The number of methoxy groups -OCH3 is 1. The largest absolute Gasteiger partial charge is 0.497 e. The van der Waals surface area contributed by atoms with Gasteiger partial charge in [-0.1, -0.05) is 12.1 Å². The SMILES string of the molecule is COc1ccc(-n2ccnc2C(Cc2cc(F)cc(F)c2)NC(=O)NS(=O)(=O)c2ccccc2F)cc1. The van der Waals surface area contributed by atoms with Crippen LogP contribution in [-0.2, 0) is 16.4 Å². The van der Waals surface area contributed by atoms with Crippen LogP contribution >= 0.6 is 0 Å². The fourth-order valence-corrected chi connectivity index (χ4v) is 4.73. The zero-order valence-corrected chi connectivity index (χ0v) is 20.2. The third-order valence-electron chi connectivity index (χ3n) is 5.35. The van der Waals surface area contributed by atoms with Crippen LogP contribution in [0.1, 0.15) is 17.4 Å². The summed E-state index contributed by atoms with van der Waals surface area (Å²) < 4.78 is 75.5. The lowest BCUT2D eigenvalue weighted by atomic mass is 10.0. The van der Waals surface area contributed by atoms with E-state index < -0.39 is 44.4 Å². The fraction of sp³-hybridized carbons (Fsp3) is 0.120. The molecular weight excluding hydrogens is 509 g/mol. The Morgan fingerprint density at radius 1 is 1.03 bits per heavy atom. The van der Waals surface area contributed by atoms with E-state index in [0.717, 1.165) is 24.3 Å². The average Bonchev–Trinajstić information content (AvgIpc) is 3.33. The van der Waals surface area contributed by atoms with Crippen LogP contribution in [0.2, 0.25) is 0 Å². The van der Waals surface area contributed by atoms with Crippen molar-refractivity contribution in [3.63, 3.8) is 0 Å². The lowest BCUT2D eigenvalue weighted by Gasteiger charge is -2.21. The number of imidazole rings is 1. The number of sulfonamides is 1. The number of carbonyl (C=O) groups is 1. The number of ether oxygens (including phenoxy) is 1. The quantitative estimate of drug-likeness (QED) is 0.354. The Kier molecular flexibility index (Phi) is 7.48. The molecule has 1 atom stereocenters.